The first-order valence-corrected chi connectivity index (χ1v) is 25.8. The van der Waals surface area contributed by atoms with Gasteiger partial charge in [0, 0.05) is 20.4 Å². The molecule has 6 unspecified atom stereocenters. The Morgan fingerprint density at radius 1 is 0.306 bits per heavy atom. The first-order valence-electron chi connectivity index (χ1n) is 12.1. The summed E-state index contributed by atoms with van der Waals surface area (Å²) < 4.78 is 0. The first kappa shape index (κ1) is 49.1. The van der Waals surface area contributed by atoms with Crippen molar-refractivity contribution in [2.24, 2.45) is 0 Å². The van der Waals surface area contributed by atoms with Crippen LogP contribution in [0.3, 0.4) is 0 Å². The molecule has 1 radical (unpaired) electrons. The van der Waals surface area contributed by atoms with Crippen molar-refractivity contribution in [3.63, 3.8) is 0 Å². The summed E-state index contributed by atoms with van der Waals surface area (Å²) in [4.78, 5) is 60.7. The number of carboxylic acids is 6. The van der Waals surface area contributed by atoms with Crippen LogP contribution in [0.25, 0.3) is 0 Å². The largest absolute Gasteiger partial charge is 0.480 e. The normalized spacial score (nSPS) is 25.7. The van der Waals surface area contributed by atoms with Crippen molar-refractivity contribution >= 4 is 165 Å². The molecule has 49 heavy (non-hydrogen) atoms. The van der Waals surface area contributed by atoms with Gasteiger partial charge in [0.1, 0.15) is 31.5 Å². The van der Waals surface area contributed by atoms with Gasteiger partial charge in [-0.2, -0.15) is 0 Å². The van der Waals surface area contributed by atoms with Gasteiger partial charge in [-0.05, 0) is 32.4 Å². The summed E-state index contributed by atoms with van der Waals surface area (Å²) in [6.07, 6.45) is 10.1. The van der Waals surface area contributed by atoms with Crippen molar-refractivity contribution < 1.29 is 79.8 Å². The monoisotopic (exact) mass is 1070 g/mol. The molecule has 0 aromatic carbocycles. The molecule has 25 heteroatoms. The zero-order chi connectivity index (χ0) is 35.9. The topological polar surface area (TPSA) is 224 Å². The van der Waals surface area contributed by atoms with Crippen LogP contribution in [0.15, 0.2) is 68.9 Å². The van der Waals surface area contributed by atoms with E-state index in [1.54, 1.807) is 68.9 Å². The fourth-order valence-corrected chi connectivity index (χ4v) is 13.6. The molecular weight excluding hydrogens is 1050 g/mol. The van der Waals surface area contributed by atoms with Crippen LogP contribution in [-0.4, -0.2) is 98.0 Å². The quantitative estimate of drug-likeness (QED) is 0.138. The van der Waals surface area contributed by atoms with E-state index in [1.807, 2.05) is 0 Å². The third kappa shape index (κ3) is 23.4. The smallest absolute Gasteiger partial charge is 0.321 e. The van der Waals surface area contributed by atoms with Crippen LogP contribution in [-0.2, 0) is 49.2 Å². The number of hydrogen-bond donors (Lipinski definition) is 6. The van der Waals surface area contributed by atoms with E-state index in [0.29, 0.717) is 0 Å². The summed E-state index contributed by atoms with van der Waals surface area (Å²) in [6, 6.07) is 0. The van der Waals surface area contributed by atoms with Gasteiger partial charge >= 0.3 is 35.8 Å². The third-order valence-corrected chi connectivity index (χ3v) is 17.7. The SMILES string of the molecule is O=C(O)C1C=CSS1.O=C(O)C1C=CSS1.O=C(O)C1C=CSS1.O=C(O)C1C=CSS1.O=C(O)C1C=CSS1.O=C(O)C1C=CSS1.[Re]. The van der Waals surface area contributed by atoms with Gasteiger partial charge in [-0.15, -0.1) is 0 Å². The molecule has 0 amide bonds. The molecule has 0 spiro atoms. The van der Waals surface area contributed by atoms with Crippen molar-refractivity contribution in [3.8, 4) is 0 Å². The molecule has 6 rings (SSSR count). The summed E-state index contributed by atoms with van der Waals surface area (Å²) in [7, 11) is 16.9. The Morgan fingerprint density at radius 2 is 0.429 bits per heavy atom. The van der Waals surface area contributed by atoms with Gasteiger partial charge in [-0.1, -0.05) is 166 Å². The van der Waals surface area contributed by atoms with Crippen molar-refractivity contribution in [3.05, 3.63) is 68.9 Å². The molecule has 0 aromatic rings. The second kappa shape index (κ2) is 29.6. The van der Waals surface area contributed by atoms with Crippen LogP contribution in [0.4, 0.5) is 0 Å². The van der Waals surface area contributed by atoms with E-state index in [2.05, 4.69) is 0 Å². The molecule has 6 heterocycles. The summed E-state index contributed by atoms with van der Waals surface area (Å²) in [5.41, 5.74) is 0. The minimum Gasteiger partial charge on any atom is -0.480 e. The summed E-state index contributed by atoms with van der Waals surface area (Å²) in [6.45, 7) is 0. The van der Waals surface area contributed by atoms with Crippen molar-refractivity contribution in [2.45, 2.75) is 31.5 Å². The average Bonchev–Trinajstić information content (AvgIpc) is 3.91. The molecule has 6 N–H and O–H groups in total. The first-order chi connectivity index (χ1) is 22.8. The maximum absolute atomic E-state index is 10.1. The summed E-state index contributed by atoms with van der Waals surface area (Å²) in [5, 5.41) is 58.8. The number of hydrogen-bond acceptors (Lipinski definition) is 18. The number of rotatable bonds is 6. The zero-order valence-electron chi connectivity index (χ0n) is 23.8. The number of aliphatic carboxylic acids is 6. The van der Waals surface area contributed by atoms with E-state index < -0.39 is 35.8 Å². The molecule has 0 aliphatic carbocycles. The predicted molar refractivity (Wildman–Crippen MR) is 214 cm³/mol. The maximum atomic E-state index is 10.1. The molecular formula is C24H24O12ReS12. The number of carboxylic acid groups (broad SMARTS) is 6. The van der Waals surface area contributed by atoms with Crippen LogP contribution in [0, 0.1) is 0 Å². The second-order valence-electron chi connectivity index (χ2n) is 7.68. The van der Waals surface area contributed by atoms with Gasteiger partial charge in [0.05, 0.1) is 0 Å². The summed E-state index contributed by atoms with van der Waals surface area (Å²) in [5.74, 6) is -4.52. The van der Waals surface area contributed by atoms with Gasteiger partial charge in [0.15, 0.2) is 0 Å². The standard InChI is InChI=1S/6C4H4O2S2.Re/c6*5-4(6)3-1-2-7-8-3;/h6*1-3H,(H,5,6);. The molecule has 6 atom stereocenters. The molecule has 0 aromatic heterocycles. The maximum Gasteiger partial charge on any atom is 0.321 e. The Balaban J connectivity index is 0.000000562. The van der Waals surface area contributed by atoms with Crippen LogP contribution >= 0.6 is 130 Å². The van der Waals surface area contributed by atoms with Crippen LogP contribution in [0.5, 0.6) is 0 Å². The van der Waals surface area contributed by atoms with Crippen LogP contribution in [0.2, 0.25) is 0 Å². The van der Waals surface area contributed by atoms with Crippen LogP contribution < -0.4 is 0 Å². The van der Waals surface area contributed by atoms with Crippen molar-refractivity contribution in [1.29, 1.82) is 0 Å². The van der Waals surface area contributed by atoms with E-state index in [4.69, 9.17) is 30.6 Å². The van der Waals surface area contributed by atoms with E-state index in [1.165, 1.54) is 130 Å². The molecule has 12 nitrogen and oxygen atoms in total. The second-order valence-corrected chi connectivity index (χ2v) is 21.6. The fraction of sp³-hybridized carbons (Fsp3) is 0.250. The molecule has 6 aliphatic rings. The third-order valence-electron chi connectivity index (χ3n) is 4.27. The van der Waals surface area contributed by atoms with E-state index in [9.17, 15) is 28.8 Å². The Morgan fingerprint density at radius 3 is 0.469 bits per heavy atom. The molecule has 0 saturated heterocycles. The van der Waals surface area contributed by atoms with E-state index in [0.717, 1.165) is 0 Å². The van der Waals surface area contributed by atoms with Crippen molar-refractivity contribution in [1.82, 2.24) is 0 Å². The Bertz CT molecular complexity index is 1050. The van der Waals surface area contributed by atoms with E-state index >= 15 is 0 Å². The molecule has 271 valence electrons. The minimum absolute atomic E-state index is 0. The summed E-state index contributed by atoms with van der Waals surface area (Å²) >= 11 is 0. The predicted octanol–water partition coefficient (Wildman–Crippen LogP) is 8.09. The molecule has 6 aliphatic heterocycles. The fourth-order valence-electron chi connectivity index (χ4n) is 2.11. The zero-order valence-corrected chi connectivity index (χ0v) is 36.3. The van der Waals surface area contributed by atoms with Gasteiger partial charge in [-0.25, -0.2) is 0 Å². The van der Waals surface area contributed by atoms with Gasteiger partial charge in [-0.3, -0.25) is 28.8 Å². The van der Waals surface area contributed by atoms with Gasteiger partial charge < -0.3 is 30.6 Å². The molecule has 0 bridgehead atoms. The van der Waals surface area contributed by atoms with Crippen LogP contribution in [0.1, 0.15) is 0 Å². The van der Waals surface area contributed by atoms with Gasteiger partial charge in [0.25, 0.3) is 0 Å². The molecule has 0 fully saturated rings. The minimum atomic E-state index is -0.753. The Labute approximate surface area is 341 Å². The number of carbonyl (C=O) groups is 6. The molecule has 0 saturated carbocycles. The van der Waals surface area contributed by atoms with E-state index in [-0.39, 0.29) is 51.9 Å². The van der Waals surface area contributed by atoms with Crippen molar-refractivity contribution in [2.75, 3.05) is 0 Å². The Hall–Kier alpha value is 0.122. The van der Waals surface area contributed by atoms with Gasteiger partial charge in [0.2, 0.25) is 0 Å². The average molecular weight is 1080 g/mol. The Kier molecular flexibility index (Phi) is 29.6.